The van der Waals surface area contributed by atoms with Crippen LogP contribution in [0.4, 0.5) is 19.1 Å². The fraction of sp³-hybridized carbons (Fsp3) is 0.286. The molecular weight excluding hydrogens is 509 g/mol. The Bertz CT molecular complexity index is 1430. The van der Waals surface area contributed by atoms with Gasteiger partial charge in [0.05, 0.1) is 11.9 Å². The van der Waals surface area contributed by atoms with E-state index in [2.05, 4.69) is 20.5 Å². The van der Waals surface area contributed by atoms with Crippen LogP contribution < -0.4 is 5.32 Å². The number of rotatable bonds is 7. The molecule has 1 aliphatic heterocycles. The van der Waals surface area contributed by atoms with Gasteiger partial charge >= 0.3 is 6.18 Å². The average Bonchev–Trinajstić information content (AvgIpc) is 3.62. The Morgan fingerprint density at radius 3 is 2.62 bits per heavy atom. The molecule has 1 atom stereocenters. The van der Waals surface area contributed by atoms with Crippen LogP contribution in [-0.2, 0) is 11.2 Å². The molecule has 1 saturated heterocycles. The normalized spacial score (nSPS) is 15.8. The zero-order valence-corrected chi connectivity index (χ0v) is 21.0. The summed E-state index contributed by atoms with van der Waals surface area (Å²) >= 11 is 0. The van der Waals surface area contributed by atoms with Gasteiger partial charge in [-0.3, -0.25) is 24.6 Å². The second-order valence-corrected chi connectivity index (χ2v) is 9.42. The van der Waals surface area contributed by atoms with Crippen LogP contribution >= 0.6 is 0 Å². The predicted octanol–water partition coefficient (Wildman–Crippen LogP) is 5.39. The number of nitrogens with one attached hydrogen (secondary N) is 2. The molecule has 3 heterocycles. The van der Waals surface area contributed by atoms with Gasteiger partial charge < -0.3 is 4.90 Å². The zero-order chi connectivity index (χ0) is 27.4. The molecule has 0 unspecified atom stereocenters. The Hall–Kier alpha value is -4.41. The van der Waals surface area contributed by atoms with Crippen molar-refractivity contribution in [3.63, 3.8) is 0 Å². The summed E-state index contributed by atoms with van der Waals surface area (Å²) in [5.74, 6) is -0.687. The summed E-state index contributed by atoms with van der Waals surface area (Å²) < 4.78 is 42.1. The number of aromatic nitrogens is 4. The predicted molar refractivity (Wildman–Crippen MR) is 139 cm³/mol. The maximum Gasteiger partial charge on any atom is 0.408 e. The minimum Gasteiger partial charge on any atom is -0.331 e. The fourth-order valence-electron chi connectivity index (χ4n) is 4.79. The lowest BCUT2D eigenvalue weighted by molar-refractivity contribution is -0.195. The summed E-state index contributed by atoms with van der Waals surface area (Å²) in [4.78, 5) is 31.5. The Morgan fingerprint density at radius 2 is 1.87 bits per heavy atom. The fourth-order valence-corrected chi connectivity index (χ4v) is 4.79. The molecule has 1 fully saturated rings. The van der Waals surface area contributed by atoms with Crippen LogP contribution in [0, 0.1) is 0 Å². The number of amides is 2. The number of nitrogens with zero attached hydrogens (tertiary/aromatic N) is 4. The second-order valence-electron chi connectivity index (χ2n) is 9.42. The molecule has 1 aliphatic rings. The average molecular weight is 537 g/mol. The molecule has 0 bridgehead atoms. The number of carbonyl (C=O) groups excluding carboxylic acids is 2. The topological polar surface area (TPSA) is 95.9 Å². The number of likely N-dealkylation sites (tertiary alicyclic amines) is 1. The van der Waals surface area contributed by atoms with Crippen LogP contribution in [0.15, 0.2) is 73.2 Å². The lowest BCUT2D eigenvalue weighted by atomic mass is 10.0. The van der Waals surface area contributed by atoms with Gasteiger partial charge in [0, 0.05) is 48.6 Å². The van der Waals surface area contributed by atoms with E-state index in [1.54, 1.807) is 41.4 Å². The quantitative estimate of drug-likeness (QED) is 0.331. The number of benzene rings is 2. The number of halogens is 3. The molecule has 0 spiro atoms. The molecule has 5 rings (SSSR count). The molecule has 0 aliphatic carbocycles. The number of alkyl halides is 3. The molecule has 0 radical (unpaired) electrons. The maximum absolute atomic E-state index is 13.5. The number of piperidine rings is 1. The summed E-state index contributed by atoms with van der Waals surface area (Å²) in [6.07, 6.45) is 1.59. The second kappa shape index (κ2) is 11.1. The number of aromatic amines is 1. The van der Waals surface area contributed by atoms with E-state index in [4.69, 9.17) is 0 Å². The van der Waals surface area contributed by atoms with Crippen molar-refractivity contribution in [3.8, 4) is 16.8 Å². The van der Waals surface area contributed by atoms with Gasteiger partial charge in [-0.2, -0.15) is 18.3 Å². The van der Waals surface area contributed by atoms with Crippen LogP contribution in [0.1, 0.15) is 41.7 Å². The molecule has 39 heavy (non-hydrogen) atoms. The van der Waals surface area contributed by atoms with Gasteiger partial charge in [0.25, 0.3) is 5.91 Å². The van der Waals surface area contributed by atoms with E-state index in [1.807, 2.05) is 36.4 Å². The monoisotopic (exact) mass is 536 g/mol. The number of para-hydroxylation sites is 1. The standard InChI is InChI=1S/C28H27F3N6O2/c29-28(30,31)24-11-4-5-14-36(24)25(38)13-12-22-18-37(23-9-2-1-3-10-23)27(34-22)35-26(39)20-8-6-7-19(15-20)21-16-32-33-17-21/h1-3,6-10,15-18,24H,4-5,11-14H2,(H,32,33)(H,34,35,39)/t24-/m1/s1. The molecule has 202 valence electrons. The van der Waals surface area contributed by atoms with Gasteiger partial charge in [0.15, 0.2) is 0 Å². The highest BCUT2D eigenvalue weighted by Crippen LogP contribution is 2.32. The third-order valence-electron chi connectivity index (χ3n) is 6.77. The van der Waals surface area contributed by atoms with Crippen molar-refractivity contribution in [3.05, 3.63) is 84.4 Å². The van der Waals surface area contributed by atoms with Crippen LogP contribution in [0.3, 0.4) is 0 Å². The molecular formula is C28H27F3N6O2. The third kappa shape index (κ3) is 6.02. The first-order valence-electron chi connectivity index (χ1n) is 12.7. The van der Waals surface area contributed by atoms with Gasteiger partial charge in [-0.1, -0.05) is 30.3 Å². The van der Waals surface area contributed by atoms with Crippen LogP contribution in [-0.4, -0.2) is 55.2 Å². The summed E-state index contributed by atoms with van der Waals surface area (Å²) in [5.41, 5.74) is 3.28. The summed E-state index contributed by atoms with van der Waals surface area (Å²) in [6, 6.07) is 14.5. The lowest BCUT2D eigenvalue weighted by Gasteiger charge is -2.36. The first-order chi connectivity index (χ1) is 18.8. The van der Waals surface area contributed by atoms with Crippen molar-refractivity contribution in [1.82, 2.24) is 24.6 Å². The molecule has 2 amide bonds. The molecule has 0 saturated carbocycles. The highest BCUT2D eigenvalue weighted by Gasteiger charge is 2.46. The molecule has 4 aromatic rings. The van der Waals surface area contributed by atoms with E-state index in [0.29, 0.717) is 24.1 Å². The molecule has 2 aromatic heterocycles. The van der Waals surface area contributed by atoms with Crippen LogP contribution in [0.25, 0.3) is 16.8 Å². The Morgan fingerprint density at radius 1 is 1.05 bits per heavy atom. The van der Waals surface area contributed by atoms with Crippen LogP contribution in [0.2, 0.25) is 0 Å². The van der Waals surface area contributed by atoms with Gasteiger partial charge in [-0.05, 0) is 49.1 Å². The van der Waals surface area contributed by atoms with Crippen molar-refractivity contribution >= 4 is 17.8 Å². The largest absolute Gasteiger partial charge is 0.408 e. The minimum atomic E-state index is -4.45. The van der Waals surface area contributed by atoms with Gasteiger partial charge in [0.1, 0.15) is 6.04 Å². The van der Waals surface area contributed by atoms with Crippen molar-refractivity contribution < 1.29 is 22.8 Å². The van der Waals surface area contributed by atoms with E-state index in [0.717, 1.165) is 21.7 Å². The van der Waals surface area contributed by atoms with E-state index >= 15 is 0 Å². The molecule has 2 N–H and O–H groups in total. The Kier molecular flexibility index (Phi) is 7.49. The van der Waals surface area contributed by atoms with Crippen LogP contribution in [0.5, 0.6) is 0 Å². The number of hydrogen-bond acceptors (Lipinski definition) is 4. The van der Waals surface area contributed by atoms with Gasteiger partial charge in [0.2, 0.25) is 11.9 Å². The highest BCUT2D eigenvalue weighted by molar-refractivity contribution is 6.04. The number of anilines is 1. The van der Waals surface area contributed by atoms with E-state index in [9.17, 15) is 22.8 Å². The molecule has 2 aromatic carbocycles. The maximum atomic E-state index is 13.5. The van der Waals surface area contributed by atoms with Gasteiger partial charge in [-0.15, -0.1) is 0 Å². The Balaban J connectivity index is 1.35. The highest BCUT2D eigenvalue weighted by atomic mass is 19.4. The number of aryl methyl sites for hydroxylation is 1. The smallest absolute Gasteiger partial charge is 0.331 e. The zero-order valence-electron chi connectivity index (χ0n) is 21.0. The first kappa shape index (κ1) is 26.2. The van der Waals surface area contributed by atoms with Crippen molar-refractivity contribution in [2.45, 2.75) is 44.3 Å². The van der Waals surface area contributed by atoms with Crippen molar-refractivity contribution in [1.29, 1.82) is 0 Å². The van der Waals surface area contributed by atoms with E-state index in [1.165, 1.54) is 0 Å². The lowest BCUT2D eigenvalue weighted by Crippen LogP contribution is -2.51. The summed E-state index contributed by atoms with van der Waals surface area (Å²) in [6.45, 7) is 0.0979. The molecule has 8 nitrogen and oxygen atoms in total. The number of H-pyrrole nitrogens is 1. The SMILES string of the molecule is O=C(Nc1nc(CCC(=O)N2CCCC[C@@H]2C(F)(F)F)cn1-c1ccccc1)c1cccc(-c2cn[nH]c2)c1. The summed E-state index contributed by atoms with van der Waals surface area (Å²) in [7, 11) is 0. The number of hydrogen-bond donors (Lipinski definition) is 2. The third-order valence-corrected chi connectivity index (χ3v) is 6.77. The van der Waals surface area contributed by atoms with Gasteiger partial charge in [-0.25, -0.2) is 4.98 Å². The van der Waals surface area contributed by atoms with Crippen molar-refractivity contribution in [2.75, 3.05) is 11.9 Å². The Labute approximate surface area is 222 Å². The molecule has 11 heteroatoms. The first-order valence-corrected chi connectivity index (χ1v) is 12.7. The van der Waals surface area contributed by atoms with E-state index < -0.39 is 18.1 Å². The van der Waals surface area contributed by atoms with E-state index in [-0.39, 0.29) is 37.7 Å². The number of imidazole rings is 1. The minimum absolute atomic E-state index is 0.0736. The van der Waals surface area contributed by atoms with Crippen molar-refractivity contribution in [2.24, 2.45) is 0 Å². The summed E-state index contributed by atoms with van der Waals surface area (Å²) in [5, 5.41) is 9.53. The number of carbonyl (C=O) groups is 2.